The second kappa shape index (κ2) is 7.67. The van der Waals surface area contributed by atoms with Crippen LogP contribution in [0.2, 0.25) is 5.02 Å². The summed E-state index contributed by atoms with van der Waals surface area (Å²) in [7, 11) is -4.12. The molecule has 30 heavy (non-hydrogen) atoms. The van der Waals surface area contributed by atoms with E-state index in [0.717, 1.165) is 18.2 Å². The Morgan fingerprint density at radius 3 is 2.70 bits per heavy atom. The molecule has 0 fully saturated rings. The van der Waals surface area contributed by atoms with Crippen LogP contribution in [0, 0.1) is 0 Å². The summed E-state index contributed by atoms with van der Waals surface area (Å²) >= 11 is 9.30. The van der Waals surface area contributed by atoms with Gasteiger partial charge >= 0.3 is 6.55 Å². The van der Waals surface area contributed by atoms with Crippen LogP contribution < -0.4 is 4.72 Å². The van der Waals surface area contributed by atoms with Crippen molar-refractivity contribution < 1.29 is 17.2 Å². The number of anilines is 1. The van der Waals surface area contributed by atoms with Gasteiger partial charge < -0.3 is 4.98 Å². The number of nitrogens with one attached hydrogen (secondary N) is 2. The van der Waals surface area contributed by atoms with E-state index >= 15 is 0 Å². The number of aryl methyl sites for hydroxylation is 1. The zero-order chi connectivity index (χ0) is 21.6. The van der Waals surface area contributed by atoms with Crippen LogP contribution in [-0.2, 0) is 16.4 Å². The molecule has 4 rings (SSSR count). The predicted molar refractivity (Wildman–Crippen MR) is 112 cm³/mol. The Bertz CT molecular complexity index is 1350. The van der Waals surface area contributed by atoms with Gasteiger partial charge in [-0.3, -0.25) is 4.72 Å². The van der Waals surface area contributed by atoms with Crippen LogP contribution in [0.1, 0.15) is 19.0 Å². The van der Waals surface area contributed by atoms with E-state index in [2.05, 4.69) is 35.8 Å². The maximum absolute atomic E-state index is 13.0. The normalized spacial score (nSPS) is 12.2. The summed E-state index contributed by atoms with van der Waals surface area (Å²) < 4.78 is 55.7. The van der Waals surface area contributed by atoms with Crippen molar-refractivity contribution in [1.82, 2.24) is 24.5 Å². The molecule has 3 aromatic heterocycles. The largest absolute Gasteiger partial charge is 0.358 e. The fourth-order valence-corrected chi connectivity index (χ4v) is 5.04. The van der Waals surface area contributed by atoms with E-state index < -0.39 is 16.6 Å². The number of alkyl halides is 2. The summed E-state index contributed by atoms with van der Waals surface area (Å²) in [6.07, 6.45) is 6.60. The molecule has 0 saturated heterocycles. The Morgan fingerprint density at radius 2 is 2.07 bits per heavy atom. The van der Waals surface area contributed by atoms with Crippen molar-refractivity contribution in [3.8, 4) is 5.69 Å². The van der Waals surface area contributed by atoms with Crippen molar-refractivity contribution in [3.05, 3.63) is 52.1 Å². The number of rotatable bonds is 6. The summed E-state index contributed by atoms with van der Waals surface area (Å²) in [5.41, 5.74) is 1.85. The Morgan fingerprint density at radius 1 is 1.30 bits per heavy atom. The lowest BCUT2D eigenvalue weighted by atomic mass is 10.2. The number of nitrogens with zero attached hydrogens (tertiary/aromatic N) is 4. The molecule has 0 aliphatic heterocycles. The third-order valence-electron chi connectivity index (χ3n) is 4.47. The van der Waals surface area contributed by atoms with Crippen LogP contribution in [0.25, 0.3) is 16.6 Å². The number of aromatic amines is 1. The first-order chi connectivity index (χ1) is 14.2. The summed E-state index contributed by atoms with van der Waals surface area (Å²) in [5.74, 6) is 0. The molecule has 0 aliphatic rings. The number of hydrogen-bond acceptors (Lipinski definition) is 4. The van der Waals surface area contributed by atoms with E-state index in [-0.39, 0.29) is 15.2 Å². The molecule has 0 radical (unpaired) electrons. The third kappa shape index (κ3) is 3.48. The lowest BCUT2D eigenvalue weighted by molar-refractivity contribution is 0.0542. The number of fused-ring (bicyclic) bond motifs is 1. The van der Waals surface area contributed by atoms with Crippen LogP contribution >= 0.6 is 27.5 Å². The average molecular weight is 520 g/mol. The first-order valence-electron chi connectivity index (χ1n) is 8.60. The molecule has 0 unspecified atom stereocenters. The molecule has 0 saturated carbocycles. The number of hydrogen-bond donors (Lipinski definition) is 2. The topological polar surface area (TPSA) is 97.6 Å². The molecule has 1 aromatic carbocycles. The van der Waals surface area contributed by atoms with E-state index in [4.69, 9.17) is 11.6 Å². The Kier molecular flexibility index (Phi) is 5.32. The molecule has 158 valence electrons. The van der Waals surface area contributed by atoms with Crippen molar-refractivity contribution in [3.63, 3.8) is 0 Å². The number of H-pyrrole nitrogens is 1. The Hall–Kier alpha value is -2.44. The van der Waals surface area contributed by atoms with Crippen molar-refractivity contribution in [1.29, 1.82) is 0 Å². The maximum Gasteiger partial charge on any atom is 0.334 e. The molecular weight excluding hydrogens is 506 g/mol. The number of benzene rings is 1. The molecule has 0 amide bonds. The lowest BCUT2D eigenvalue weighted by Gasteiger charge is -2.08. The monoisotopic (exact) mass is 518 g/mol. The third-order valence-corrected chi connectivity index (χ3v) is 6.97. The highest BCUT2D eigenvalue weighted by atomic mass is 79.9. The lowest BCUT2D eigenvalue weighted by Crippen LogP contribution is -2.13. The number of halogens is 4. The predicted octanol–water partition coefficient (Wildman–Crippen LogP) is 4.72. The highest BCUT2D eigenvalue weighted by molar-refractivity contribution is 9.10. The summed E-state index contributed by atoms with van der Waals surface area (Å²) in [4.78, 5) is 2.86. The average Bonchev–Trinajstić information content (AvgIpc) is 3.40. The smallest absolute Gasteiger partial charge is 0.334 e. The molecule has 0 aliphatic carbocycles. The molecule has 4 aromatic rings. The SMILES string of the molecule is CCc1cnn(-c2c(Cl)ccc3c(S(=O)(=O)Nc4cnn(C(F)F)c4Br)c[nH]c23)c1. The minimum Gasteiger partial charge on any atom is -0.358 e. The van der Waals surface area contributed by atoms with Crippen LogP contribution in [0.5, 0.6) is 0 Å². The van der Waals surface area contributed by atoms with E-state index in [1.54, 1.807) is 23.0 Å². The fraction of sp³-hybridized carbons (Fsp3) is 0.176. The van der Waals surface area contributed by atoms with E-state index in [9.17, 15) is 17.2 Å². The molecule has 0 bridgehead atoms. The van der Waals surface area contributed by atoms with Crippen LogP contribution in [0.3, 0.4) is 0 Å². The van der Waals surface area contributed by atoms with Gasteiger partial charge in [-0.25, -0.2) is 13.1 Å². The summed E-state index contributed by atoms with van der Waals surface area (Å²) in [6, 6.07) is 3.14. The highest BCUT2D eigenvalue weighted by Gasteiger charge is 2.25. The summed E-state index contributed by atoms with van der Waals surface area (Å²) in [5, 5.41) is 8.52. The minimum absolute atomic E-state index is 0.0741. The molecule has 0 spiro atoms. The molecule has 2 N–H and O–H groups in total. The number of aromatic nitrogens is 5. The molecule has 8 nitrogen and oxygen atoms in total. The van der Waals surface area contributed by atoms with Gasteiger partial charge in [-0.1, -0.05) is 18.5 Å². The van der Waals surface area contributed by atoms with Gasteiger partial charge in [0.2, 0.25) is 0 Å². The van der Waals surface area contributed by atoms with E-state index in [1.807, 2.05) is 13.1 Å². The minimum atomic E-state index is -4.12. The van der Waals surface area contributed by atoms with Crippen molar-refractivity contribution in [2.75, 3.05) is 4.72 Å². The first kappa shape index (κ1) is 20.8. The first-order valence-corrected chi connectivity index (χ1v) is 11.3. The van der Waals surface area contributed by atoms with Crippen LogP contribution in [0.15, 0.2) is 46.4 Å². The number of sulfonamides is 1. The zero-order valence-corrected chi connectivity index (χ0v) is 18.4. The van der Waals surface area contributed by atoms with Crippen LogP contribution in [-0.4, -0.2) is 33.0 Å². The fourth-order valence-electron chi connectivity index (χ4n) is 3.00. The van der Waals surface area contributed by atoms with Crippen LogP contribution in [0.4, 0.5) is 14.5 Å². The molecule has 3 heterocycles. The molecule has 0 atom stereocenters. The second-order valence-corrected chi connectivity index (χ2v) is 9.10. The standard InChI is InChI=1S/C17H14BrClF2N6O2S/c1-2-9-5-23-26(8-9)15-11(19)4-3-10-13(7-22-14(10)15)30(28,29)25-12-6-24-27(16(12)18)17(20)21/h3-8,17,22,25H,2H2,1H3. The Balaban J connectivity index is 1.79. The van der Waals surface area contributed by atoms with Gasteiger partial charge in [-0.15, -0.1) is 0 Å². The van der Waals surface area contributed by atoms with Gasteiger partial charge in [-0.2, -0.15) is 23.7 Å². The van der Waals surface area contributed by atoms with Gasteiger partial charge in [0.1, 0.15) is 20.9 Å². The van der Waals surface area contributed by atoms with Gasteiger partial charge in [0, 0.05) is 17.8 Å². The van der Waals surface area contributed by atoms with E-state index in [1.165, 1.54) is 6.20 Å². The van der Waals surface area contributed by atoms with Crippen molar-refractivity contribution >= 4 is 54.1 Å². The van der Waals surface area contributed by atoms with Crippen molar-refractivity contribution in [2.45, 2.75) is 24.8 Å². The van der Waals surface area contributed by atoms with Gasteiger partial charge in [-0.05, 0) is 40.0 Å². The molecule has 13 heteroatoms. The highest BCUT2D eigenvalue weighted by Crippen LogP contribution is 2.34. The zero-order valence-electron chi connectivity index (χ0n) is 15.3. The quantitative estimate of drug-likeness (QED) is 0.385. The van der Waals surface area contributed by atoms with Gasteiger partial charge in [0.05, 0.1) is 22.9 Å². The maximum atomic E-state index is 13.0. The Labute approximate surface area is 183 Å². The van der Waals surface area contributed by atoms with Gasteiger partial charge in [0.25, 0.3) is 10.0 Å². The summed E-state index contributed by atoms with van der Waals surface area (Å²) in [6.45, 7) is -0.930. The van der Waals surface area contributed by atoms with Gasteiger partial charge in [0.15, 0.2) is 0 Å². The molecular formula is C17H14BrClF2N6O2S. The van der Waals surface area contributed by atoms with E-state index in [0.29, 0.717) is 26.3 Å². The second-order valence-electron chi connectivity index (χ2n) is 6.29. The van der Waals surface area contributed by atoms with Crippen molar-refractivity contribution in [2.24, 2.45) is 0 Å².